The third-order valence-corrected chi connectivity index (χ3v) is 3.80. The molecule has 0 bridgehead atoms. The van der Waals surface area contributed by atoms with E-state index in [-0.39, 0.29) is 5.56 Å². The number of nitrogens with zero attached hydrogens (tertiary/aromatic N) is 1. The molecule has 1 aromatic rings. The van der Waals surface area contributed by atoms with Crippen LogP contribution in [0.25, 0.3) is 0 Å². The Morgan fingerprint density at radius 1 is 1.58 bits per heavy atom. The molecule has 0 aliphatic heterocycles. The quantitative estimate of drug-likeness (QED) is 0.880. The van der Waals surface area contributed by atoms with Crippen molar-refractivity contribution >= 4 is 5.69 Å². The van der Waals surface area contributed by atoms with E-state index >= 15 is 0 Å². The van der Waals surface area contributed by atoms with Gasteiger partial charge in [-0.05, 0) is 30.9 Å². The molecule has 0 saturated heterocycles. The Morgan fingerprint density at radius 3 is 3.05 bits per heavy atom. The van der Waals surface area contributed by atoms with Crippen LogP contribution in [0.4, 0.5) is 10.1 Å². The van der Waals surface area contributed by atoms with Crippen LogP contribution in [0.5, 0.6) is 0 Å². The SMILES string of the molecule is CC1CCCC(O)(CNc2cccc(F)c2C#N)C1. The maximum absolute atomic E-state index is 13.4. The van der Waals surface area contributed by atoms with Gasteiger partial charge in [-0.2, -0.15) is 5.26 Å². The van der Waals surface area contributed by atoms with E-state index in [2.05, 4.69) is 12.2 Å². The molecule has 1 fully saturated rings. The van der Waals surface area contributed by atoms with Crippen molar-refractivity contribution in [3.63, 3.8) is 0 Å². The average Bonchev–Trinajstić information content (AvgIpc) is 2.36. The highest BCUT2D eigenvalue weighted by atomic mass is 19.1. The van der Waals surface area contributed by atoms with Crippen molar-refractivity contribution in [3.05, 3.63) is 29.6 Å². The van der Waals surface area contributed by atoms with Crippen molar-refractivity contribution < 1.29 is 9.50 Å². The molecule has 2 rings (SSSR count). The van der Waals surface area contributed by atoms with Crippen molar-refractivity contribution in [1.82, 2.24) is 0 Å². The molecule has 0 aromatic heterocycles. The first-order valence-corrected chi connectivity index (χ1v) is 6.69. The number of hydrogen-bond acceptors (Lipinski definition) is 3. The molecular weight excluding hydrogens is 243 g/mol. The molecular formula is C15H19FN2O. The Kier molecular flexibility index (Phi) is 4.06. The number of aliphatic hydroxyl groups is 1. The summed E-state index contributed by atoms with van der Waals surface area (Å²) in [5.74, 6) is -0.0278. The summed E-state index contributed by atoms with van der Waals surface area (Å²) >= 11 is 0. The smallest absolute Gasteiger partial charge is 0.143 e. The van der Waals surface area contributed by atoms with Crippen LogP contribution in [0.2, 0.25) is 0 Å². The van der Waals surface area contributed by atoms with Gasteiger partial charge in [0.25, 0.3) is 0 Å². The molecule has 0 spiro atoms. The minimum Gasteiger partial charge on any atom is -0.388 e. The lowest BCUT2D eigenvalue weighted by atomic mass is 9.79. The fraction of sp³-hybridized carbons (Fsp3) is 0.533. The Morgan fingerprint density at radius 2 is 2.37 bits per heavy atom. The van der Waals surface area contributed by atoms with Crippen LogP contribution in [0.15, 0.2) is 18.2 Å². The lowest BCUT2D eigenvalue weighted by Crippen LogP contribution is -2.41. The number of hydrogen-bond donors (Lipinski definition) is 2. The Balaban J connectivity index is 2.07. The average molecular weight is 262 g/mol. The van der Waals surface area contributed by atoms with E-state index in [0.29, 0.717) is 18.2 Å². The Labute approximate surface area is 113 Å². The summed E-state index contributed by atoms with van der Waals surface area (Å²) in [5, 5.41) is 22.5. The van der Waals surface area contributed by atoms with Crippen molar-refractivity contribution in [2.45, 2.75) is 38.2 Å². The molecule has 2 atom stereocenters. The zero-order chi connectivity index (χ0) is 13.9. The van der Waals surface area contributed by atoms with E-state index in [9.17, 15) is 9.50 Å². The number of nitriles is 1. The highest BCUT2D eigenvalue weighted by Gasteiger charge is 2.32. The van der Waals surface area contributed by atoms with Gasteiger partial charge in [0.15, 0.2) is 0 Å². The third kappa shape index (κ3) is 3.24. The van der Waals surface area contributed by atoms with Gasteiger partial charge in [0.2, 0.25) is 0 Å². The molecule has 4 heteroatoms. The fourth-order valence-corrected chi connectivity index (χ4v) is 2.84. The first kappa shape index (κ1) is 13.8. The van der Waals surface area contributed by atoms with Crippen molar-refractivity contribution in [1.29, 1.82) is 5.26 Å². The van der Waals surface area contributed by atoms with Gasteiger partial charge in [0.05, 0.1) is 11.3 Å². The van der Waals surface area contributed by atoms with Gasteiger partial charge < -0.3 is 10.4 Å². The van der Waals surface area contributed by atoms with Gasteiger partial charge in [-0.25, -0.2) is 4.39 Å². The Hall–Kier alpha value is -1.60. The largest absolute Gasteiger partial charge is 0.388 e. The number of rotatable bonds is 3. The van der Waals surface area contributed by atoms with E-state index in [0.717, 1.165) is 25.7 Å². The molecule has 3 nitrogen and oxygen atoms in total. The van der Waals surface area contributed by atoms with Crippen LogP contribution in [-0.2, 0) is 0 Å². The summed E-state index contributed by atoms with van der Waals surface area (Å²) in [6.45, 7) is 2.49. The molecule has 0 amide bonds. The van der Waals surface area contributed by atoms with Gasteiger partial charge in [-0.15, -0.1) is 0 Å². The molecule has 2 unspecified atom stereocenters. The number of halogens is 1. The number of anilines is 1. The zero-order valence-corrected chi connectivity index (χ0v) is 11.1. The fourth-order valence-electron chi connectivity index (χ4n) is 2.84. The highest BCUT2D eigenvalue weighted by molar-refractivity contribution is 5.58. The summed E-state index contributed by atoms with van der Waals surface area (Å²) in [7, 11) is 0. The maximum Gasteiger partial charge on any atom is 0.143 e. The monoisotopic (exact) mass is 262 g/mol. The van der Waals surface area contributed by atoms with Gasteiger partial charge in [0.1, 0.15) is 17.4 Å². The minimum atomic E-state index is -0.753. The standard InChI is InChI=1S/C15H19FN2O/c1-11-4-3-7-15(19,8-11)10-18-14-6-2-5-13(16)12(14)9-17/h2,5-6,11,18-19H,3-4,7-8,10H2,1H3. The summed E-state index contributed by atoms with van der Waals surface area (Å²) in [6.07, 6.45) is 3.65. The van der Waals surface area contributed by atoms with Crippen molar-refractivity contribution in [2.24, 2.45) is 5.92 Å². The van der Waals surface area contributed by atoms with Gasteiger partial charge in [-0.3, -0.25) is 0 Å². The van der Waals surface area contributed by atoms with E-state index in [1.165, 1.54) is 6.07 Å². The molecule has 19 heavy (non-hydrogen) atoms. The molecule has 2 N–H and O–H groups in total. The van der Waals surface area contributed by atoms with Crippen molar-refractivity contribution in [3.8, 4) is 6.07 Å². The van der Waals surface area contributed by atoms with Gasteiger partial charge in [0, 0.05) is 6.54 Å². The zero-order valence-electron chi connectivity index (χ0n) is 11.1. The molecule has 102 valence electrons. The Bertz CT molecular complexity index is 497. The normalized spacial score (nSPS) is 26.7. The van der Waals surface area contributed by atoms with Crippen LogP contribution in [0.3, 0.4) is 0 Å². The lowest BCUT2D eigenvalue weighted by molar-refractivity contribution is -0.000770. The molecule has 0 radical (unpaired) electrons. The van der Waals surface area contributed by atoms with Crippen LogP contribution < -0.4 is 5.32 Å². The second kappa shape index (κ2) is 5.58. The molecule has 1 aromatic carbocycles. The van der Waals surface area contributed by atoms with Crippen LogP contribution in [0, 0.1) is 23.1 Å². The predicted molar refractivity (Wildman–Crippen MR) is 72.2 cm³/mol. The van der Waals surface area contributed by atoms with Crippen LogP contribution in [-0.4, -0.2) is 17.3 Å². The van der Waals surface area contributed by atoms with Crippen molar-refractivity contribution in [2.75, 3.05) is 11.9 Å². The van der Waals surface area contributed by atoms with Crippen LogP contribution in [0.1, 0.15) is 38.2 Å². The van der Waals surface area contributed by atoms with E-state index in [1.807, 2.05) is 6.07 Å². The summed E-state index contributed by atoms with van der Waals surface area (Å²) < 4.78 is 13.4. The molecule has 1 aliphatic carbocycles. The lowest BCUT2D eigenvalue weighted by Gasteiger charge is -2.36. The molecule has 0 heterocycles. The second-order valence-electron chi connectivity index (χ2n) is 5.55. The summed E-state index contributed by atoms with van der Waals surface area (Å²) in [4.78, 5) is 0. The van der Waals surface area contributed by atoms with E-state index in [4.69, 9.17) is 5.26 Å². The predicted octanol–water partition coefficient (Wildman–Crippen LogP) is 3.05. The minimum absolute atomic E-state index is 0.00922. The third-order valence-electron chi connectivity index (χ3n) is 3.80. The van der Waals surface area contributed by atoms with E-state index in [1.54, 1.807) is 12.1 Å². The van der Waals surface area contributed by atoms with E-state index < -0.39 is 11.4 Å². The summed E-state index contributed by atoms with van der Waals surface area (Å²) in [5.41, 5.74) is -0.291. The molecule has 1 saturated carbocycles. The topological polar surface area (TPSA) is 56.0 Å². The van der Waals surface area contributed by atoms with Crippen LogP contribution >= 0.6 is 0 Å². The second-order valence-corrected chi connectivity index (χ2v) is 5.55. The first-order valence-electron chi connectivity index (χ1n) is 6.69. The van der Waals surface area contributed by atoms with Gasteiger partial charge >= 0.3 is 0 Å². The van der Waals surface area contributed by atoms with Gasteiger partial charge in [-0.1, -0.05) is 25.8 Å². The maximum atomic E-state index is 13.4. The number of benzene rings is 1. The highest BCUT2D eigenvalue weighted by Crippen LogP contribution is 2.32. The summed E-state index contributed by atoms with van der Waals surface area (Å²) in [6, 6.07) is 6.34. The number of nitrogens with one attached hydrogen (secondary N) is 1. The molecule has 1 aliphatic rings. The first-order chi connectivity index (χ1) is 9.04.